The molecule has 0 atom stereocenters. The van der Waals surface area contributed by atoms with Crippen LogP contribution in [0.5, 0.6) is 5.75 Å². The molecule has 0 radical (unpaired) electrons. The number of aromatic amines is 1. The third-order valence-electron chi connectivity index (χ3n) is 4.22. The van der Waals surface area contributed by atoms with Gasteiger partial charge in [-0.15, -0.1) is 0 Å². The molecule has 0 fully saturated rings. The van der Waals surface area contributed by atoms with Crippen LogP contribution in [0.4, 0.5) is 5.69 Å². The highest BCUT2D eigenvalue weighted by Gasteiger charge is 2.24. The first-order chi connectivity index (χ1) is 12.0. The van der Waals surface area contributed by atoms with Gasteiger partial charge in [0.25, 0.3) is 11.5 Å². The largest absolute Gasteiger partial charge is 0.506 e. The lowest BCUT2D eigenvalue weighted by Gasteiger charge is -2.18. The summed E-state index contributed by atoms with van der Waals surface area (Å²) in [6, 6.07) is 12.3. The van der Waals surface area contributed by atoms with E-state index in [-0.39, 0.29) is 16.0 Å². The van der Waals surface area contributed by atoms with E-state index in [1.165, 1.54) is 4.90 Å². The molecule has 1 heterocycles. The summed E-state index contributed by atoms with van der Waals surface area (Å²) in [7, 11) is 1.55. The van der Waals surface area contributed by atoms with Gasteiger partial charge in [-0.25, -0.2) is 0 Å². The molecule has 0 bridgehead atoms. The summed E-state index contributed by atoms with van der Waals surface area (Å²) in [6.07, 6.45) is 0.653. The van der Waals surface area contributed by atoms with Crippen molar-refractivity contribution in [3.05, 3.63) is 69.0 Å². The molecular weight excluding hydrogens is 340 g/mol. The highest BCUT2D eigenvalue weighted by atomic mass is 35.5. The zero-order valence-corrected chi connectivity index (χ0v) is 14.6. The topological polar surface area (TPSA) is 73.4 Å². The summed E-state index contributed by atoms with van der Waals surface area (Å²) >= 11 is 6.21. The van der Waals surface area contributed by atoms with E-state index >= 15 is 0 Å². The van der Waals surface area contributed by atoms with Crippen LogP contribution in [-0.2, 0) is 6.42 Å². The van der Waals surface area contributed by atoms with Crippen LogP contribution in [0.3, 0.4) is 0 Å². The normalized spacial score (nSPS) is 10.8. The van der Waals surface area contributed by atoms with Gasteiger partial charge in [0.2, 0.25) is 0 Å². The van der Waals surface area contributed by atoms with Crippen molar-refractivity contribution in [1.29, 1.82) is 0 Å². The van der Waals surface area contributed by atoms with Gasteiger partial charge in [0, 0.05) is 12.7 Å². The number of pyridine rings is 1. The molecule has 0 aliphatic heterocycles. The van der Waals surface area contributed by atoms with E-state index in [1.807, 2.05) is 13.0 Å². The zero-order chi connectivity index (χ0) is 18.1. The fourth-order valence-corrected chi connectivity index (χ4v) is 3.08. The number of hydrogen-bond donors (Lipinski definition) is 2. The number of amides is 1. The predicted molar refractivity (Wildman–Crippen MR) is 99.8 cm³/mol. The van der Waals surface area contributed by atoms with Crippen LogP contribution in [0.15, 0.2) is 47.3 Å². The molecule has 2 aromatic carbocycles. The number of halogens is 1. The van der Waals surface area contributed by atoms with Crippen molar-refractivity contribution in [1.82, 2.24) is 4.98 Å². The van der Waals surface area contributed by atoms with E-state index < -0.39 is 17.2 Å². The van der Waals surface area contributed by atoms with Crippen molar-refractivity contribution in [2.45, 2.75) is 13.3 Å². The van der Waals surface area contributed by atoms with Crippen LogP contribution >= 0.6 is 11.6 Å². The Morgan fingerprint density at radius 3 is 2.52 bits per heavy atom. The summed E-state index contributed by atoms with van der Waals surface area (Å²) in [5.41, 5.74) is 0.933. The molecular formula is C19H17ClN2O3. The van der Waals surface area contributed by atoms with E-state index in [1.54, 1.807) is 43.4 Å². The van der Waals surface area contributed by atoms with Crippen LogP contribution in [0.25, 0.3) is 10.9 Å². The van der Waals surface area contributed by atoms with E-state index in [4.69, 9.17) is 11.6 Å². The Balaban J connectivity index is 2.22. The number of carbonyl (C=O) groups is 1. The Labute approximate surface area is 149 Å². The molecule has 3 rings (SSSR count). The second kappa shape index (κ2) is 6.61. The van der Waals surface area contributed by atoms with Crippen LogP contribution in [-0.4, -0.2) is 23.0 Å². The van der Waals surface area contributed by atoms with Crippen molar-refractivity contribution < 1.29 is 9.90 Å². The Hall–Kier alpha value is -2.79. The molecule has 128 valence electrons. The van der Waals surface area contributed by atoms with Gasteiger partial charge in [0.05, 0.1) is 15.9 Å². The number of benzene rings is 2. The first kappa shape index (κ1) is 17.0. The second-order valence-corrected chi connectivity index (χ2v) is 6.09. The van der Waals surface area contributed by atoms with Crippen molar-refractivity contribution in [2.75, 3.05) is 11.9 Å². The highest BCUT2D eigenvalue weighted by Crippen LogP contribution is 2.34. The Morgan fingerprint density at radius 1 is 1.20 bits per heavy atom. The van der Waals surface area contributed by atoms with Gasteiger partial charge in [-0.05, 0) is 30.2 Å². The number of rotatable bonds is 3. The molecule has 2 N–H and O–H groups in total. The molecule has 0 aliphatic carbocycles. The fourth-order valence-electron chi connectivity index (χ4n) is 2.83. The number of aromatic hydroxyl groups is 1. The summed E-state index contributed by atoms with van der Waals surface area (Å²) in [5.74, 6) is -1.00. The molecule has 6 heteroatoms. The highest BCUT2D eigenvalue weighted by molar-refractivity contribution is 6.36. The minimum absolute atomic E-state index is 0.275. The molecule has 5 nitrogen and oxygen atoms in total. The molecule has 0 unspecified atom stereocenters. The molecule has 25 heavy (non-hydrogen) atoms. The van der Waals surface area contributed by atoms with Crippen LogP contribution < -0.4 is 10.5 Å². The number of para-hydroxylation sites is 1. The first-order valence-electron chi connectivity index (χ1n) is 7.85. The average Bonchev–Trinajstić information content (AvgIpc) is 2.61. The number of anilines is 1. The number of fused-ring (bicyclic) bond motifs is 1. The van der Waals surface area contributed by atoms with E-state index in [2.05, 4.69) is 4.98 Å². The van der Waals surface area contributed by atoms with Gasteiger partial charge in [-0.2, -0.15) is 0 Å². The number of nitrogens with zero attached hydrogens (tertiary/aromatic N) is 1. The Kier molecular flexibility index (Phi) is 4.51. The van der Waals surface area contributed by atoms with E-state index in [0.717, 1.165) is 5.56 Å². The molecule has 0 saturated carbocycles. The number of carbonyl (C=O) groups excluding carboxylic acids is 1. The maximum atomic E-state index is 12.8. The maximum Gasteiger partial charge on any atom is 0.267 e. The number of hydrogen-bond acceptors (Lipinski definition) is 3. The van der Waals surface area contributed by atoms with Gasteiger partial charge in [-0.3, -0.25) is 9.59 Å². The molecule has 1 aromatic heterocycles. The number of nitrogens with one attached hydrogen (secondary N) is 1. The zero-order valence-electron chi connectivity index (χ0n) is 13.8. The van der Waals surface area contributed by atoms with Crippen LogP contribution in [0, 0.1) is 0 Å². The lowest BCUT2D eigenvalue weighted by atomic mass is 10.0. The Bertz CT molecular complexity index is 1010. The van der Waals surface area contributed by atoms with Crippen LogP contribution in [0.2, 0.25) is 5.02 Å². The molecule has 3 aromatic rings. The predicted octanol–water partition coefficient (Wildman–Crippen LogP) is 3.73. The second-order valence-electron chi connectivity index (χ2n) is 5.69. The van der Waals surface area contributed by atoms with Crippen LogP contribution in [0.1, 0.15) is 22.8 Å². The van der Waals surface area contributed by atoms with Crippen molar-refractivity contribution in [2.24, 2.45) is 0 Å². The average molecular weight is 357 g/mol. The summed E-state index contributed by atoms with van der Waals surface area (Å²) in [6.45, 7) is 1.93. The first-order valence-corrected chi connectivity index (χ1v) is 8.23. The molecule has 0 aliphatic rings. The third-order valence-corrected chi connectivity index (χ3v) is 4.54. The minimum atomic E-state index is -0.644. The fraction of sp³-hybridized carbons (Fsp3) is 0.158. The van der Waals surface area contributed by atoms with Gasteiger partial charge in [-0.1, -0.05) is 42.8 Å². The van der Waals surface area contributed by atoms with Gasteiger partial charge in [0.1, 0.15) is 11.3 Å². The van der Waals surface area contributed by atoms with Crippen molar-refractivity contribution in [3.63, 3.8) is 0 Å². The Morgan fingerprint density at radius 2 is 1.88 bits per heavy atom. The minimum Gasteiger partial charge on any atom is -0.506 e. The number of H-pyrrole nitrogens is 1. The van der Waals surface area contributed by atoms with Gasteiger partial charge < -0.3 is 15.0 Å². The van der Waals surface area contributed by atoms with E-state index in [9.17, 15) is 14.7 Å². The number of aryl methyl sites for hydroxylation is 1. The maximum absolute atomic E-state index is 12.8. The van der Waals surface area contributed by atoms with Crippen molar-refractivity contribution >= 4 is 34.1 Å². The monoisotopic (exact) mass is 356 g/mol. The lowest BCUT2D eigenvalue weighted by Crippen LogP contribution is -2.31. The lowest BCUT2D eigenvalue weighted by molar-refractivity contribution is 0.0989. The third kappa shape index (κ3) is 2.87. The summed E-state index contributed by atoms with van der Waals surface area (Å²) < 4.78 is 0. The SMILES string of the molecule is CCc1ccc(Cl)c2c(O)c(C(=O)N(C)c3ccccc3)c(=O)[nH]c12. The number of aromatic nitrogens is 1. The molecule has 0 spiro atoms. The standard InChI is InChI=1S/C19H17ClN2O3/c1-3-11-9-10-13(20)14-16(11)21-18(24)15(17(14)23)19(25)22(2)12-7-5-4-6-8-12/h4-10H,3H2,1-2H3,(H2,21,23,24). The van der Waals surface area contributed by atoms with E-state index in [0.29, 0.717) is 17.6 Å². The van der Waals surface area contributed by atoms with Crippen molar-refractivity contribution in [3.8, 4) is 5.75 Å². The smallest absolute Gasteiger partial charge is 0.267 e. The summed E-state index contributed by atoms with van der Waals surface area (Å²) in [5, 5.41) is 11.2. The molecule has 1 amide bonds. The van der Waals surface area contributed by atoms with Gasteiger partial charge in [0.15, 0.2) is 0 Å². The summed E-state index contributed by atoms with van der Waals surface area (Å²) in [4.78, 5) is 29.3. The van der Waals surface area contributed by atoms with Gasteiger partial charge >= 0.3 is 0 Å². The molecule has 0 saturated heterocycles. The quantitative estimate of drug-likeness (QED) is 0.751.